The van der Waals surface area contributed by atoms with Gasteiger partial charge in [-0.05, 0) is 54.1 Å². The van der Waals surface area contributed by atoms with Crippen LogP contribution in [0.2, 0.25) is 0 Å². The normalized spacial score (nSPS) is 51.0. The quantitative estimate of drug-likeness (QED) is 0.577. The minimum Gasteiger partial charge on any atom is -0.179 e. The molecular formula is C13H22S2. The van der Waals surface area contributed by atoms with Crippen molar-refractivity contribution in [2.75, 3.05) is 11.5 Å². The molecule has 1 aliphatic heterocycles. The lowest BCUT2D eigenvalue weighted by atomic mass is 9.50. The van der Waals surface area contributed by atoms with Crippen LogP contribution in [0.15, 0.2) is 0 Å². The van der Waals surface area contributed by atoms with E-state index >= 15 is 0 Å². The van der Waals surface area contributed by atoms with Crippen LogP contribution in [0.5, 0.6) is 0 Å². The van der Waals surface area contributed by atoms with Crippen LogP contribution in [-0.2, 0) is 0 Å². The molecule has 0 N–H and O–H groups in total. The topological polar surface area (TPSA) is 0 Å². The SMILES string of the molecule is CC12CC[C@@H](C1)[C@@H]2C(C)(CCS)C1CS1. The largest absolute Gasteiger partial charge is 0.179 e. The summed E-state index contributed by atoms with van der Waals surface area (Å²) in [4.78, 5) is 0. The Morgan fingerprint density at radius 1 is 1.53 bits per heavy atom. The van der Waals surface area contributed by atoms with Gasteiger partial charge in [0.25, 0.3) is 0 Å². The van der Waals surface area contributed by atoms with Gasteiger partial charge in [0.2, 0.25) is 0 Å². The molecule has 4 fully saturated rings. The molecule has 4 rings (SSSR count). The van der Waals surface area contributed by atoms with Crippen LogP contribution in [-0.4, -0.2) is 16.8 Å². The average molecular weight is 242 g/mol. The molecule has 3 saturated carbocycles. The smallest absolute Gasteiger partial charge is 0.0195 e. The van der Waals surface area contributed by atoms with Crippen molar-refractivity contribution in [1.82, 2.24) is 0 Å². The summed E-state index contributed by atoms with van der Waals surface area (Å²) in [6.45, 7) is 5.11. The fourth-order valence-corrected chi connectivity index (χ4v) is 6.42. The molecule has 0 spiro atoms. The lowest BCUT2D eigenvalue weighted by Crippen LogP contribution is -2.50. The second-order valence-corrected chi connectivity index (χ2v) is 8.12. The maximum atomic E-state index is 4.49. The molecule has 2 heteroatoms. The van der Waals surface area contributed by atoms with Crippen molar-refractivity contribution >= 4 is 24.4 Å². The van der Waals surface area contributed by atoms with Gasteiger partial charge in [-0.2, -0.15) is 24.4 Å². The van der Waals surface area contributed by atoms with Crippen molar-refractivity contribution < 1.29 is 0 Å². The van der Waals surface area contributed by atoms with Crippen LogP contribution in [0.1, 0.15) is 39.5 Å². The first-order valence-electron chi connectivity index (χ1n) is 6.33. The van der Waals surface area contributed by atoms with Gasteiger partial charge in [0, 0.05) is 11.0 Å². The predicted octanol–water partition coefficient (Wildman–Crippen LogP) is 3.86. The summed E-state index contributed by atoms with van der Waals surface area (Å²) in [7, 11) is 0. The van der Waals surface area contributed by atoms with Crippen LogP contribution in [0.4, 0.5) is 0 Å². The molecule has 0 amide bonds. The van der Waals surface area contributed by atoms with Crippen LogP contribution in [0, 0.1) is 22.7 Å². The molecular weight excluding hydrogens is 220 g/mol. The summed E-state index contributed by atoms with van der Waals surface area (Å²) < 4.78 is 0. The summed E-state index contributed by atoms with van der Waals surface area (Å²) in [5.74, 6) is 4.59. The Bertz CT molecular complexity index is 270. The Balaban J connectivity index is 1.84. The highest BCUT2D eigenvalue weighted by atomic mass is 32.2. The summed E-state index contributed by atoms with van der Waals surface area (Å²) in [6, 6.07) is 0. The number of hydrogen-bond donors (Lipinski definition) is 1. The zero-order valence-electron chi connectivity index (χ0n) is 9.83. The second-order valence-electron chi connectivity index (χ2n) is 6.44. The Hall–Kier alpha value is 0.700. The third-order valence-electron chi connectivity index (χ3n) is 5.47. The molecule has 1 heterocycles. The van der Waals surface area contributed by atoms with Crippen molar-refractivity contribution in [2.24, 2.45) is 22.7 Å². The van der Waals surface area contributed by atoms with E-state index in [-0.39, 0.29) is 0 Å². The van der Waals surface area contributed by atoms with E-state index in [0.29, 0.717) is 10.8 Å². The average Bonchev–Trinajstić information content (AvgIpc) is 2.86. The van der Waals surface area contributed by atoms with Crippen LogP contribution >= 0.6 is 24.4 Å². The van der Waals surface area contributed by atoms with Crippen LogP contribution in [0.25, 0.3) is 0 Å². The van der Waals surface area contributed by atoms with E-state index in [4.69, 9.17) is 0 Å². The van der Waals surface area contributed by atoms with Gasteiger partial charge in [-0.1, -0.05) is 13.8 Å². The Morgan fingerprint density at radius 3 is 2.67 bits per heavy atom. The van der Waals surface area contributed by atoms with E-state index in [1.807, 2.05) is 0 Å². The first-order chi connectivity index (χ1) is 7.10. The van der Waals surface area contributed by atoms with E-state index in [9.17, 15) is 0 Å². The van der Waals surface area contributed by atoms with E-state index < -0.39 is 0 Å². The van der Waals surface area contributed by atoms with Crippen molar-refractivity contribution in [2.45, 2.75) is 44.8 Å². The number of thioether (sulfide) groups is 1. The highest BCUT2D eigenvalue weighted by Gasteiger charge is 2.64. The second kappa shape index (κ2) is 3.35. The fourth-order valence-electron chi connectivity index (χ4n) is 4.81. The van der Waals surface area contributed by atoms with E-state index in [2.05, 4.69) is 38.2 Å². The van der Waals surface area contributed by atoms with Gasteiger partial charge >= 0.3 is 0 Å². The molecule has 0 aromatic carbocycles. The molecule has 1 saturated heterocycles. The molecule has 5 atom stereocenters. The van der Waals surface area contributed by atoms with E-state index in [0.717, 1.165) is 22.8 Å². The summed E-state index contributed by atoms with van der Waals surface area (Å²) in [5, 5.41) is 0.967. The number of fused-ring (bicyclic) bond motifs is 1. The van der Waals surface area contributed by atoms with Crippen molar-refractivity contribution in [3.63, 3.8) is 0 Å². The van der Waals surface area contributed by atoms with Crippen molar-refractivity contribution in [3.8, 4) is 0 Å². The van der Waals surface area contributed by atoms with Gasteiger partial charge in [-0.15, -0.1) is 0 Å². The van der Waals surface area contributed by atoms with Gasteiger partial charge in [-0.25, -0.2) is 0 Å². The first-order valence-corrected chi connectivity index (χ1v) is 8.01. The highest BCUT2D eigenvalue weighted by molar-refractivity contribution is 8.06. The van der Waals surface area contributed by atoms with Gasteiger partial charge in [0.15, 0.2) is 0 Å². The fraction of sp³-hybridized carbons (Fsp3) is 1.00. The van der Waals surface area contributed by atoms with Gasteiger partial charge in [-0.3, -0.25) is 0 Å². The highest BCUT2D eigenvalue weighted by Crippen LogP contribution is 2.71. The Labute approximate surface area is 103 Å². The summed E-state index contributed by atoms with van der Waals surface area (Å²) in [5.41, 5.74) is 1.33. The minimum absolute atomic E-state index is 0.612. The lowest BCUT2D eigenvalue weighted by Gasteiger charge is -2.55. The lowest BCUT2D eigenvalue weighted by molar-refractivity contribution is -0.0511. The molecule has 0 nitrogen and oxygen atoms in total. The standard InChI is InChI=1S/C13H22S2/c1-12-4-3-9(7-12)11(12)13(2,5-6-14)10-8-15-10/h9-11,14H,3-8H2,1-2H3/t9-,10?,11-,12?,13?/m0/s1. The summed E-state index contributed by atoms with van der Waals surface area (Å²) in [6.07, 6.45) is 5.88. The van der Waals surface area contributed by atoms with Crippen LogP contribution < -0.4 is 0 Å². The molecule has 3 aliphatic carbocycles. The third kappa shape index (κ3) is 1.43. The number of hydrogen-bond acceptors (Lipinski definition) is 2. The molecule has 4 aliphatic rings. The molecule has 0 aromatic rings. The third-order valence-corrected chi connectivity index (χ3v) is 6.90. The Kier molecular flexibility index (Phi) is 2.42. The molecule has 0 radical (unpaired) electrons. The van der Waals surface area contributed by atoms with Gasteiger partial charge < -0.3 is 0 Å². The predicted molar refractivity (Wildman–Crippen MR) is 71.8 cm³/mol. The Morgan fingerprint density at radius 2 is 2.27 bits per heavy atom. The van der Waals surface area contributed by atoms with Gasteiger partial charge in [0.1, 0.15) is 0 Å². The first kappa shape index (κ1) is 10.8. The summed E-state index contributed by atoms with van der Waals surface area (Å²) >= 11 is 6.68. The number of rotatable bonds is 4. The monoisotopic (exact) mass is 242 g/mol. The van der Waals surface area contributed by atoms with Crippen molar-refractivity contribution in [3.05, 3.63) is 0 Å². The zero-order valence-corrected chi connectivity index (χ0v) is 11.5. The van der Waals surface area contributed by atoms with Crippen LogP contribution in [0.3, 0.4) is 0 Å². The van der Waals surface area contributed by atoms with E-state index in [1.54, 1.807) is 0 Å². The maximum absolute atomic E-state index is 4.49. The minimum atomic E-state index is 0.612. The zero-order chi connectivity index (χ0) is 10.7. The number of thiol groups is 1. The maximum Gasteiger partial charge on any atom is 0.0195 e. The molecule has 86 valence electrons. The van der Waals surface area contributed by atoms with E-state index in [1.165, 1.54) is 31.4 Å². The molecule has 3 unspecified atom stereocenters. The van der Waals surface area contributed by atoms with Gasteiger partial charge in [0.05, 0.1) is 0 Å². The molecule has 0 aromatic heterocycles. The molecule has 15 heavy (non-hydrogen) atoms. The molecule has 2 bridgehead atoms. The van der Waals surface area contributed by atoms with Crippen molar-refractivity contribution in [1.29, 1.82) is 0 Å².